The fourth-order valence-corrected chi connectivity index (χ4v) is 2.29. The molecule has 2 aromatic rings. The Hall–Kier alpha value is -1.67. The lowest BCUT2D eigenvalue weighted by Crippen LogP contribution is -2.15. The number of rotatable bonds is 2. The number of benzene rings is 2. The summed E-state index contributed by atoms with van der Waals surface area (Å²) in [5.41, 5.74) is 11.1. The van der Waals surface area contributed by atoms with Crippen molar-refractivity contribution in [3.63, 3.8) is 0 Å². The first-order chi connectivity index (χ1) is 8.50. The van der Waals surface area contributed by atoms with Crippen LogP contribution in [0.25, 0.3) is 0 Å². The zero-order valence-corrected chi connectivity index (χ0v) is 11.0. The molecule has 94 valence electrons. The molecule has 2 rings (SSSR count). The van der Waals surface area contributed by atoms with E-state index in [-0.39, 0.29) is 11.9 Å². The Bertz CT molecular complexity index is 555. The van der Waals surface area contributed by atoms with Crippen LogP contribution in [0.4, 0.5) is 4.39 Å². The first-order valence-electron chi connectivity index (χ1n) is 6.08. The van der Waals surface area contributed by atoms with Crippen LogP contribution in [0, 0.1) is 26.6 Å². The average molecular weight is 243 g/mol. The van der Waals surface area contributed by atoms with Gasteiger partial charge in [-0.1, -0.05) is 30.3 Å². The van der Waals surface area contributed by atoms with Gasteiger partial charge in [-0.25, -0.2) is 4.39 Å². The highest BCUT2D eigenvalue weighted by Gasteiger charge is 2.14. The minimum Gasteiger partial charge on any atom is -0.320 e. The van der Waals surface area contributed by atoms with Crippen LogP contribution >= 0.6 is 0 Å². The van der Waals surface area contributed by atoms with E-state index in [4.69, 9.17) is 5.73 Å². The van der Waals surface area contributed by atoms with Gasteiger partial charge in [-0.15, -0.1) is 0 Å². The molecular formula is C16H18FN. The molecule has 0 aromatic heterocycles. The SMILES string of the molecule is Cc1ccc(C(N)c2c(C)cccc2C)cc1F. The molecular weight excluding hydrogens is 225 g/mol. The molecule has 2 aromatic carbocycles. The number of halogens is 1. The molecule has 0 aliphatic carbocycles. The van der Waals surface area contributed by atoms with Crippen molar-refractivity contribution < 1.29 is 4.39 Å². The molecule has 0 fully saturated rings. The first-order valence-corrected chi connectivity index (χ1v) is 6.08. The van der Waals surface area contributed by atoms with E-state index < -0.39 is 0 Å². The molecule has 0 aliphatic heterocycles. The molecule has 2 N–H and O–H groups in total. The van der Waals surface area contributed by atoms with Crippen LogP contribution in [0.3, 0.4) is 0 Å². The highest BCUT2D eigenvalue weighted by molar-refractivity contribution is 5.42. The van der Waals surface area contributed by atoms with Crippen molar-refractivity contribution in [1.82, 2.24) is 0 Å². The van der Waals surface area contributed by atoms with Crippen LogP contribution in [-0.2, 0) is 0 Å². The van der Waals surface area contributed by atoms with Gasteiger partial charge in [0.1, 0.15) is 5.82 Å². The summed E-state index contributed by atoms with van der Waals surface area (Å²) in [6.07, 6.45) is 0. The van der Waals surface area contributed by atoms with Crippen LogP contribution in [0.5, 0.6) is 0 Å². The maximum atomic E-state index is 13.6. The van der Waals surface area contributed by atoms with E-state index in [1.165, 1.54) is 6.07 Å². The summed E-state index contributed by atoms with van der Waals surface area (Å²) in [7, 11) is 0. The van der Waals surface area contributed by atoms with Crippen molar-refractivity contribution in [2.45, 2.75) is 26.8 Å². The summed E-state index contributed by atoms with van der Waals surface area (Å²) in [5.74, 6) is -0.200. The molecule has 0 bridgehead atoms. The summed E-state index contributed by atoms with van der Waals surface area (Å²) < 4.78 is 13.6. The highest BCUT2D eigenvalue weighted by Crippen LogP contribution is 2.26. The van der Waals surface area contributed by atoms with Crippen molar-refractivity contribution in [2.24, 2.45) is 5.73 Å². The molecule has 0 saturated carbocycles. The van der Waals surface area contributed by atoms with Crippen LogP contribution in [0.1, 0.15) is 33.9 Å². The average Bonchev–Trinajstić information content (AvgIpc) is 2.32. The fourth-order valence-electron chi connectivity index (χ4n) is 2.29. The van der Waals surface area contributed by atoms with Gasteiger partial charge in [-0.3, -0.25) is 0 Å². The normalized spacial score (nSPS) is 12.5. The molecule has 1 atom stereocenters. The Kier molecular flexibility index (Phi) is 3.48. The second-order valence-corrected chi connectivity index (χ2v) is 4.79. The highest BCUT2D eigenvalue weighted by atomic mass is 19.1. The Morgan fingerprint density at radius 2 is 1.56 bits per heavy atom. The minimum absolute atomic E-state index is 0.200. The smallest absolute Gasteiger partial charge is 0.126 e. The second-order valence-electron chi connectivity index (χ2n) is 4.79. The summed E-state index contributed by atoms with van der Waals surface area (Å²) in [6, 6.07) is 11.0. The predicted molar refractivity (Wildman–Crippen MR) is 73.1 cm³/mol. The van der Waals surface area contributed by atoms with Crippen molar-refractivity contribution in [1.29, 1.82) is 0 Å². The number of nitrogens with two attached hydrogens (primary N) is 1. The third-order valence-corrected chi connectivity index (χ3v) is 3.41. The van der Waals surface area contributed by atoms with Gasteiger partial charge >= 0.3 is 0 Å². The van der Waals surface area contributed by atoms with E-state index in [1.807, 2.05) is 38.1 Å². The van der Waals surface area contributed by atoms with Gasteiger partial charge in [0.05, 0.1) is 6.04 Å². The Morgan fingerprint density at radius 3 is 2.11 bits per heavy atom. The van der Waals surface area contributed by atoms with Gasteiger partial charge in [0.15, 0.2) is 0 Å². The molecule has 0 aliphatic rings. The van der Waals surface area contributed by atoms with Crippen LogP contribution < -0.4 is 5.73 Å². The molecule has 0 spiro atoms. The third-order valence-electron chi connectivity index (χ3n) is 3.41. The van der Waals surface area contributed by atoms with E-state index in [9.17, 15) is 4.39 Å². The van der Waals surface area contributed by atoms with Gasteiger partial charge in [-0.2, -0.15) is 0 Å². The Balaban J connectivity index is 2.48. The number of hydrogen-bond acceptors (Lipinski definition) is 1. The maximum Gasteiger partial charge on any atom is 0.126 e. The van der Waals surface area contributed by atoms with Crippen LogP contribution in [0.15, 0.2) is 36.4 Å². The van der Waals surface area contributed by atoms with E-state index in [1.54, 1.807) is 13.0 Å². The zero-order valence-electron chi connectivity index (χ0n) is 11.0. The molecule has 2 heteroatoms. The third kappa shape index (κ3) is 2.29. The van der Waals surface area contributed by atoms with Crippen LogP contribution in [-0.4, -0.2) is 0 Å². The molecule has 0 saturated heterocycles. The summed E-state index contributed by atoms with van der Waals surface area (Å²) in [6.45, 7) is 5.82. The van der Waals surface area contributed by atoms with Gasteiger partial charge in [0.2, 0.25) is 0 Å². The monoisotopic (exact) mass is 243 g/mol. The predicted octanol–water partition coefficient (Wildman–Crippen LogP) is 3.80. The van der Waals surface area contributed by atoms with Crippen molar-refractivity contribution >= 4 is 0 Å². The summed E-state index contributed by atoms with van der Waals surface area (Å²) >= 11 is 0. The first kappa shape index (κ1) is 12.8. The molecule has 1 nitrogen and oxygen atoms in total. The molecule has 18 heavy (non-hydrogen) atoms. The Morgan fingerprint density at radius 1 is 0.944 bits per heavy atom. The summed E-state index contributed by atoms with van der Waals surface area (Å²) in [4.78, 5) is 0. The topological polar surface area (TPSA) is 26.0 Å². The van der Waals surface area contributed by atoms with E-state index in [0.29, 0.717) is 5.56 Å². The lowest BCUT2D eigenvalue weighted by atomic mass is 9.91. The largest absolute Gasteiger partial charge is 0.320 e. The quantitative estimate of drug-likeness (QED) is 0.853. The molecule has 1 unspecified atom stereocenters. The van der Waals surface area contributed by atoms with Crippen LogP contribution in [0.2, 0.25) is 0 Å². The standard InChI is InChI=1S/C16H18FN/c1-10-7-8-13(9-14(10)17)16(18)15-11(2)5-4-6-12(15)3/h4-9,16H,18H2,1-3H3. The lowest BCUT2D eigenvalue weighted by molar-refractivity contribution is 0.614. The Labute approximate surface area is 107 Å². The van der Waals surface area contributed by atoms with E-state index >= 15 is 0 Å². The fraction of sp³-hybridized carbons (Fsp3) is 0.250. The zero-order chi connectivity index (χ0) is 13.3. The molecule has 0 amide bonds. The maximum absolute atomic E-state index is 13.6. The number of aryl methyl sites for hydroxylation is 3. The summed E-state index contributed by atoms with van der Waals surface area (Å²) in [5, 5.41) is 0. The lowest BCUT2D eigenvalue weighted by Gasteiger charge is -2.18. The number of hydrogen-bond donors (Lipinski definition) is 1. The van der Waals surface area contributed by atoms with Crippen molar-refractivity contribution in [3.8, 4) is 0 Å². The minimum atomic E-state index is -0.277. The van der Waals surface area contributed by atoms with Gasteiger partial charge in [0.25, 0.3) is 0 Å². The molecule has 0 radical (unpaired) electrons. The van der Waals surface area contributed by atoms with Gasteiger partial charge in [-0.05, 0) is 54.7 Å². The van der Waals surface area contributed by atoms with Gasteiger partial charge < -0.3 is 5.73 Å². The second kappa shape index (κ2) is 4.91. The van der Waals surface area contributed by atoms with Crippen molar-refractivity contribution in [2.75, 3.05) is 0 Å². The van der Waals surface area contributed by atoms with E-state index in [2.05, 4.69) is 0 Å². The van der Waals surface area contributed by atoms with Gasteiger partial charge in [0, 0.05) is 0 Å². The molecule has 0 heterocycles. The van der Waals surface area contributed by atoms with Crippen molar-refractivity contribution in [3.05, 3.63) is 70.0 Å². The van der Waals surface area contributed by atoms with E-state index in [0.717, 1.165) is 22.3 Å².